The van der Waals surface area contributed by atoms with Crippen molar-refractivity contribution in [3.05, 3.63) is 97.2 Å². The minimum atomic E-state index is -0.807. The molecule has 0 aromatic carbocycles. The average molecular weight is 1160 g/mol. The van der Waals surface area contributed by atoms with Crippen LogP contribution in [0.2, 0.25) is 0 Å². The Morgan fingerprint density at radius 2 is 0.470 bits per heavy atom. The summed E-state index contributed by atoms with van der Waals surface area (Å²) in [6.45, 7) is 6.40. The average Bonchev–Trinajstić information content (AvgIpc) is 3.50. The Bertz CT molecular complexity index is 1610. The molecule has 1 unspecified atom stereocenters. The second kappa shape index (κ2) is 70.8. The molecule has 0 saturated heterocycles. The summed E-state index contributed by atoms with van der Waals surface area (Å²) in [6, 6.07) is 0. The summed E-state index contributed by atoms with van der Waals surface area (Å²) in [6.07, 6.45) is 96.2. The van der Waals surface area contributed by atoms with Gasteiger partial charge in [-0.1, -0.05) is 317 Å². The van der Waals surface area contributed by atoms with Gasteiger partial charge in [0.15, 0.2) is 6.10 Å². The highest BCUT2D eigenvalue weighted by Crippen LogP contribution is 2.18. The summed E-state index contributed by atoms with van der Waals surface area (Å²) in [5.74, 6) is -0.945. The first-order valence-corrected chi connectivity index (χ1v) is 35.7. The molecule has 0 aliphatic carbocycles. The molecule has 0 radical (unpaired) electrons. The third-order valence-corrected chi connectivity index (χ3v) is 15.6. The van der Waals surface area contributed by atoms with Crippen LogP contribution in [0.3, 0.4) is 0 Å². The van der Waals surface area contributed by atoms with Crippen LogP contribution in [0, 0.1) is 0 Å². The van der Waals surface area contributed by atoms with Gasteiger partial charge in [-0.15, -0.1) is 0 Å². The maximum atomic E-state index is 12.9. The number of ether oxygens (including phenoxy) is 3. The van der Waals surface area contributed by atoms with Crippen LogP contribution in [0.5, 0.6) is 0 Å². The van der Waals surface area contributed by atoms with Crippen molar-refractivity contribution < 1.29 is 28.6 Å². The fourth-order valence-electron chi connectivity index (χ4n) is 10.3. The minimum absolute atomic E-state index is 0.0978. The van der Waals surface area contributed by atoms with Crippen molar-refractivity contribution >= 4 is 17.9 Å². The fourth-order valence-corrected chi connectivity index (χ4v) is 10.3. The van der Waals surface area contributed by atoms with Gasteiger partial charge >= 0.3 is 17.9 Å². The van der Waals surface area contributed by atoms with E-state index in [1.165, 1.54) is 193 Å². The van der Waals surface area contributed by atoms with Crippen molar-refractivity contribution in [1.29, 1.82) is 0 Å². The van der Waals surface area contributed by atoms with Gasteiger partial charge in [0.1, 0.15) is 13.2 Å². The van der Waals surface area contributed by atoms with E-state index in [2.05, 4.69) is 118 Å². The zero-order valence-corrected chi connectivity index (χ0v) is 54.9. The number of carbonyl (C=O) groups excluding carboxylic acids is 3. The highest BCUT2D eigenvalue weighted by atomic mass is 16.6. The molecule has 0 rings (SSSR count). The first kappa shape index (κ1) is 79.3. The van der Waals surface area contributed by atoms with E-state index in [4.69, 9.17) is 14.2 Å². The SMILES string of the molecule is CC/C=C\C/C=C\C/C=C\C/C=C\CCCCC(=O)OC(COC(=O)CCCCCCC/C=C\C/C=C\C/C=C\CC)COC(=O)CCCCCCCCCCCCCCCCCCCCCCCCC/C=C\CCCCCCCCCC. The first-order valence-electron chi connectivity index (χ1n) is 35.7. The maximum absolute atomic E-state index is 12.9. The zero-order chi connectivity index (χ0) is 59.9. The molecule has 0 fully saturated rings. The molecule has 0 saturated carbocycles. The maximum Gasteiger partial charge on any atom is 0.306 e. The monoisotopic (exact) mass is 1160 g/mol. The number of hydrogen-bond donors (Lipinski definition) is 0. The Hall–Kier alpha value is -3.67. The van der Waals surface area contributed by atoms with Gasteiger partial charge in [-0.3, -0.25) is 14.4 Å². The van der Waals surface area contributed by atoms with E-state index in [1.54, 1.807) is 0 Å². The summed E-state index contributed by atoms with van der Waals surface area (Å²) in [5, 5.41) is 0. The van der Waals surface area contributed by atoms with Crippen LogP contribution in [-0.4, -0.2) is 37.2 Å². The number of carbonyl (C=O) groups is 3. The molecule has 1 atom stereocenters. The molecule has 0 bridgehead atoms. The Morgan fingerprint density at radius 1 is 0.253 bits per heavy atom. The third kappa shape index (κ3) is 69.0. The number of hydrogen-bond acceptors (Lipinski definition) is 6. The zero-order valence-electron chi connectivity index (χ0n) is 54.9. The van der Waals surface area contributed by atoms with Crippen LogP contribution in [-0.2, 0) is 28.6 Å². The van der Waals surface area contributed by atoms with Crippen LogP contribution in [0.1, 0.15) is 355 Å². The number of unbranched alkanes of at least 4 members (excludes halogenated alkanes) is 38. The summed E-state index contributed by atoms with van der Waals surface area (Å²) in [7, 11) is 0. The lowest BCUT2D eigenvalue weighted by molar-refractivity contribution is -0.167. The predicted molar refractivity (Wildman–Crippen MR) is 362 cm³/mol. The van der Waals surface area contributed by atoms with Crippen molar-refractivity contribution in [3.8, 4) is 0 Å². The lowest BCUT2D eigenvalue weighted by atomic mass is 10.0. The van der Waals surface area contributed by atoms with Crippen LogP contribution in [0.15, 0.2) is 97.2 Å². The van der Waals surface area contributed by atoms with Gasteiger partial charge in [-0.05, 0) is 116 Å². The second-order valence-corrected chi connectivity index (χ2v) is 23.7. The molecule has 0 aliphatic rings. The minimum Gasteiger partial charge on any atom is -0.462 e. The lowest BCUT2D eigenvalue weighted by Gasteiger charge is -2.18. The van der Waals surface area contributed by atoms with Crippen molar-refractivity contribution in [2.45, 2.75) is 361 Å². The molecular formula is C77H134O6. The summed E-state index contributed by atoms with van der Waals surface area (Å²) >= 11 is 0. The summed E-state index contributed by atoms with van der Waals surface area (Å²) < 4.78 is 16.9. The van der Waals surface area contributed by atoms with Crippen LogP contribution < -0.4 is 0 Å². The first-order chi connectivity index (χ1) is 41.0. The van der Waals surface area contributed by atoms with Gasteiger partial charge in [0.2, 0.25) is 0 Å². The Balaban J connectivity index is 4.14. The normalized spacial score (nSPS) is 12.7. The van der Waals surface area contributed by atoms with Gasteiger partial charge in [-0.2, -0.15) is 0 Å². The number of rotatable bonds is 65. The molecule has 0 amide bonds. The molecule has 0 heterocycles. The highest BCUT2D eigenvalue weighted by molar-refractivity contribution is 5.71. The molecule has 83 heavy (non-hydrogen) atoms. The van der Waals surface area contributed by atoms with Crippen LogP contribution >= 0.6 is 0 Å². The number of esters is 3. The molecule has 6 nitrogen and oxygen atoms in total. The summed E-state index contributed by atoms with van der Waals surface area (Å²) in [4.78, 5) is 38.3. The quantitative estimate of drug-likeness (QED) is 0.0261. The second-order valence-electron chi connectivity index (χ2n) is 23.7. The highest BCUT2D eigenvalue weighted by Gasteiger charge is 2.19. The molecule has 0 N–H and O–H groups in total. The van der Waals surface area contributed by atoms with Crippen LogP contribution in [0.25, 0.3) is 0 Å². The fraction of sp³-hybridized carbons (Fsp3) is 0.753. The van der Waals surface area contributed by atoms with Gasteiger partial charge in [0, 0.05) is 19.3 Å². The Labute approximate surface area is 515 Å². The molecule has 0 spiro atoms. The molecule has 6 heteroatoms. The van der Waals surface area contributed by atoms with Gasteiger partial charge in [0.25, 0.3) is 0 Å². The van der Waals surface area contributed by atoms with Crippen molar-refractivity contribution in [1.82, 2.24) is 0 Å². The van der Waals surface area contributed by atoms with Gasteiger partial charge < -0.3 is 14.2 Å². The lowest BCUT2D eigenvalue weighted by Crippen LogP contribution is -2.30. The summed E-state index contributed by atoms with van der Waals surface area (Å²) in [5.41, 5.74) is 0. The topological polar surface area (TPSA) is 78.9 Å². The van der Waals surface area contributed by atoms with E-state index in [1.807, 2.05) is 0 Å². The molecule has 0 aromatic rings. The molecule has 478 valence electrons. The molecule has 0 aromatic heterocycles. The smallest absolute Gasteiger partial charge is 0.306 e. The van der Waals surface area contributed by atoms with Gasteiger partial charge in [0.05, 0.1) is 0 Å². The van der Waals surface area contributed by atoms with E-state index in [9.17, 15) is 14.4 Å². The van der Waals surface area contributed by atoms with E-state index < -0.39 is 6.10 Å². The third-order valence-electron chi connectivity index (χ3n) is 15.6. The molecular weight excluding hydrogens is 1020 g/mol. The predicted octanol–water partition coefficient (Wildman–Crippen LogP) is 24.8. The van der Waals surface area contributed by atoms with E-state index in [0.717, 1.165) is 116 Å². The van der Waals surface area contributed by atoms with Gasteiger partial charge in [-0.25, -0.2) is 0 Å². The number of allylic oxidation sites excluding steroid dienone is 16. The molecule has 0 aliphatic heterocycles. The van der Waals surface area contributed by atoms with E-state index >= 15 is 0 Å². The largest absolute Gasteiger partial charge is 0.462 e. The Morgan fingerprint density at radius 3 is 0.771 bits per heavy atom. The van der Waals surface area contributed by atoms with E-state index in [-0.39, 0.29) is 37.5 Å². The van der Waals surface area contributed by atoms with E-state index in [0.29, 0.717) is 19.3 Å². The van der Waals surface area contributed by atoms with Crippen LogP contribution in [0.4, 0.5) is 0 Å². The van der Waals surface area contributed by atoms with Crippen molar-refractivity contribution in [2.24, 2.45) is 0 Å². The Kier molecular flexibility index (Phi) is 67.7. The standard InChI is InChI=1S/C77H134O6/c1-4-7-10-13-16-19-22-25-28-29-30-31-32-33-34-35-36-37-38-39-40-41-42-43-44-45-46-47-50-52-55-58-61-64-67-70-76(79)82-73-74(83-77(80)71-68-65-62-59-56-53-49-27-24-21-18-15-12-9-6-3)72-81-75(78)69-66-63-60-57-54-51-48-26-23-20-17-14-11-8-5-2/h8-9,11-12,17-18,20-21,26-27,29-30,48-49,56,59,74H,4-7,10,13-16,19,22-25,28,31-47,50-55,57-58,60-73H2,1-3H3/b11-8-,12-9-,20-17-,21-18-,30-29-,48-26-,49-27-,59-56-. The van der Waals surface area contributed by atoms with Crippen molar-refractivity contribution in [2.75, 3.05) is 13.2 Å². The van der Waals surface area contributed by atoms with Crippen molar-refractivity contribution in [3.63, 3.8) is 0 Å².